The fraction of sp³-hybridized carbons (Fsp3) is 0.562. The van der Waals surface area contributed by atoms with Gasteiger partial charge >= 0.3 is 0 Å². The summed E-state index contributed by atoms with van der Waals surface area (Å²) in [6, 6.07) is 9.87. The number of hydrogen-bond acceptors (Lipinski definition) is 4. The second-order valence-electron chi connectivity index (χ2n) is 5.53. The Morgan fingerprint density at radius 1 is 1.30 bits per heavy atom. The highest BCUT2D eigenvalue weighted by Crippen LogP contribution is 2.13. The van der Waals surface area contributed by atoms with Crippen LogP contribution in [-0.4, -0.2) is 42.3 Å². The number of rotatable bonds is 6. The zero-order valence-electron chi connectivity index (χ0n) is 12.0. The predicted molar refractivity (Wildman–Crippen MR) is 79.3 cm³/mol. The van der Waals surface area contributed by atoms with Crippen molar-refractivity contribution in [2.24, 2.45) is 0 Å². The Kier molecular flexibility index (Phi) is 5.54. The predicted octanol–water partition coefficient (Wildman–Crippen LogP) is 1.67. The van der Waals surface area contributed by atoms with Crippen molar-refractivity contribution in [2.45, 2.75) is 31.9 Å². The molecule has 1 aliphatic heterocycles. The first kappa shape index (κ1) is 15.0. The topological polar surface area (TPSA) is 59.3 Å². The summed E-state index contributed by atoms with van der Waals surface area (Å²) >= 11 is 0. The Hall–Kier alpha value is -1.41. The van der Waals surface area contributed by atoms with Crippen LogP contribution in [0.5, 0.6) is 0 Å². The summed E-state index contributed by atoms with van der Waals surface area (Å²) in [5.41, 5.74) is 1.81. The molecule has 0 aliphatic carbocycles. The second kappa shape index (κ2) is 7.39. The highest BCUT2D eigenvalue weighted by Gasteiger charge is 2.16. The third kappa shape index (κ3) is 4.31. The van der Waals surface area contributed by atoms with E-state index in [4.69, 9.17) is 5.26 Å². The Labute approximate surface area is 121 Å². The van der Waals surface area contributed by atoms with Crippen molar-refractivity contribution in [3.8, 4) is 6.07 Å². The molecule has 2 rings (SSSR count). The van der Waals surface area contributed by atoms with Crippen molar-refractivity contribution in [1.82, 2.24) is 10.2 Å². The van der Waals surface area contributed by atoms with Gasteiger partial charge in [-0.05, 0) is 50.6 Å². The van der Waals surface area contributed by atoms with E-state index in [1.807, 2.05) is 24.3 Å². The molecule has 0 amide bonds. The summed E-state index contributed by atoms with van der Waals surface area (Å²) in [5.74, 6) is 0. The molecule has 1 aromatic rings. The Bertz CT molecular complexity index is 446. The zero-order valence-corrected chi connectivity index (χ0v) is 12.0. The van der Waals surface area contributed by atoms with Crippen LogP contribution in [0.2, 0.25) is 0 Å². The number of aliphatic hydroxyl groups excluding tert-OH is 1. The molecular weight excluding hydrogens is 250 g/mol. The monoisotopic (exact) mass is 273 g/mol. The summed E-state index contributed by atoms with van der Waals surface area (Å²) in [5, 5.41) is 22.2. The third-order valence-corrected chi connectivity index (χ3v) is 3.87. The first-order chi connectivity index (χ1) is 9.69. The number of nitrogens with zero attached hydrogens (tertiary/aromatic N) is 2. The standard InChI is InChI=1S/C16H23N3O/c1-13(15-6-4-14(10-17)5-7-15)18-11-16(20)12-19-8-2-3-9-19/h4-7,13,16,18,20H,2-3,8-9,11-12H2,1H3. The lowest BCUT2D eigenvalue weighted by molar-refractivity contribution is 0.121. The van der Waals surface area contributed by atoms with Crippen molar-refractivity contribution >= 4 is 0 Å². The summed E-state index contributed by atoms with van der Waals surface area (Å²) < 4.78 is 0. The summed E-state index contributed by atoms with van der Waals surface area (Å²) in [4.78, 5) is 2.32. The minimum Gasteiger partial charge on any atom is -0.390 e. The molecule has 1 aliphatic rings. The average molecular weight is 273 g/mol. The molecule has 2 N–H and O–H groups in total. The maximum Gasteiger partial charge on any atom is 0.0991 e. The van der Waals surface area contributed by atoms with Crippen molar-refractivity contribution in [3.05, 3.63) is 35.4 Å². The highest BCUT2D eigenvalue weighted by atomic mass is 16.3. The van der Waals surface area contributed by atoms with Crippen LogP contribution >= 0.6 is 0 Å². The molecule has 2 atom stereocenters. The molecule has 108 valence electrons. The van der Waals surface area contributed by atoms with E-state index in [0.29, 0.717) is 12.1 Å². The van der Waals surface area contributed by atoms with Gasteiger partial charge < -0.3 is 15.3 Å². The van der Waals surface area contributed by atoms with Gasteiger partial charge in [-0.25, -0.2) is 0 Å². The molecule has 0 spiro atoms. The van der Waals surface area contributed by atoms with Crippen LogP contribution in [0.1, 0.15) is 36.9 Å². The van der Waals surface area contributed by atoms with Gasteiger partial charge in [0.05, 0.1) is 17.7 Å². The van der Waals surface area contributed by atoms with Gasteiger partial charge in [-0.1, -0.05) is 12.1 Å². The first-order valence-corrected chi connectivity index (χ1v) is 7.33. The van der Waals surface area contributed by atoms with Gasteiger partial charge in [0.1, 0.15) is 0 Å². The van der Waals surface area contributed by atoms with Gasteiger partial charge in [0.25, 0.3) is 0 Å². The molecule has 1 heterocycles. The smallest absolute Gasteiger partial charge is 0.0991 e. The number of β-amino-alcohol motifs (C(OH)–C–C–N with tert-alkyl or cyclic N) is 1. The molecule has 1 saturated heterocycles. The van der Waals surface area contributed by atoms with Crippen molar-refractivity contribution in [2.75, 3.05) is 26.2 Å². The Morgan fingerprint density at radius 3 is 2.55 bits per heavy atom. The number of nitrogens with one attached hydrogen (secondary N) is 1. The van der Waals surface area contributed by atoms with Crippen LogP contribution in [0.15, 0.2) is 24.3 Å². The zero-order chi connectivity index (χ0) is 14.4. The lowest BCUT2D eigenvalue weighted by Crippen LogP contribution is -2.37. The molecule has 1 fully saturated rings. The third-order valence-electron chi connectivity index (χ3n) is 3.87. The molecule has 0 radical (unpaired) electrons. The molecule has 0 saturated carbocycles. The van der Waals surface area contributed by atoms with E-state index in [-0.39, 0.29) is 12.1 Å². The van der Waals surface area contributed by atoms with Gasteiger partial charge in [-0.3, -0.25) is 0 Å². The number of aliphatic hydroxyl groups is 1. The van der Waals surface area contributed by atoms with E-state index in [1.54, 1.807) is 0 Å². The number of likely N-dealkylation sites (tertiary alicyclic amines) is 1. The quantitative estimate of drug-likeness (QED) is 0.827. The normalized spacial score (nSPS) is 18.6. The fourth-order valence-electron chi connectivity index (χ4n) is 2.60. The lowest BCUT2D eigenvalue weighted by Gasteiger charge is -2.22. The van der Waals surface area contributed by atoms with Gasteiger partial charge in [0, 0.05) is 19.1 Å². The van der Waals surface area contributed by atoms with Gasteiger partial charge in [0.15, 0.2) is 0 Å². The maximum atomic E-state index is 10.0. The molecule has 4 nitrogen and oxygen atoms in total. The largest absolute Gasteiger partial charge is 0.390 e. The highest BCUT2D eigenvalue weighted by molar-refractivity contribution is 5.32. The van der Waals surface area contributed by atoms with Crippen LogP contribution < -0.4 is 5.32 Å². The van der Waals surface area contributed by atoms with E-state index in [2.05, 4.69) is 23.2 Å². The number of nitriles is 1. The Balaban J connectivity index is 1.75. The molecule has 0 bridgehead atoms. The lowest BCUT2D eigenvalue weighted by atomic mass is 10.1. The van der Waals surface area contributed by atoms with Crippen LogP contribution in [0, 0.1) is 11.3 Å². The molecule has 0 aromatic heterocycles. The second-order valence-corrected chi connectivity index (χ2v) is 5.53. The molecule has 1 aromatic carbocycles. The van der Waals surface area contributed by atoms with E-state index < -0.39 is 0 Å². The Morgan fingerprint density at radius 2 is 1.95 bits per heavy atom. The van der Waals surface area contributed by atoms with E-state index in [9.17, 15) is 5.11 Å². The summed E-state index contributed by atoms with van der Waals surface area (Å²) in [7, 11) is 0. The van der Waals surface area contributed by atoms with Crippen molar-refractivity contribution in [3.63, 3.8) is 0 Å². The van der Waals surface area contributed by atoms with Crippen LogP contribution in [0.25, 0.3) is 0 Å². The first-order valence-electron chi connectivity index (χ1n) is 7.33. The van der Waals surface area contributed by atoms with Crippen LogP contribution in [-0.2, 0) is 0 Å². The van der Waals surface area contributed by atoms with Gasteiger partial charge in [0.2, 0.25) is 0 Å². The van der Waals surface area contributed by atoms with Crippen molar-refractivity contribution in [1.29, 1.82) is 5.26 Å². The minimum atomic E-state index is -0.325. The van der Waals surface area contributed by atoms with Crippen LogP contribution in [0.3, 0.4) is 0 Å². The van der Waals surface area contributed by atoms with Crippen LogP contribution in [0.4, 0.5) is 0 Å². The number of hydrogen-bond donors (Lipinski definition) is 2. The minimum absolute atomic E-state index is 0.177. The fourth-order valence-corrected chi connectivity index (χ4v) is 2.60. The van der Waals surface area contributed by atoms with Gasteiger partial charge in [-0.15, -0.1) is 0 Å². The van der Waals surface area contributed by atoms with Gasteiger partial charge in [-0.2, -0.15) is 5.26 Å². The average Bonchev–Trinajstić information content (AvgIpc) is 2.97. The van der Waals surface area contributed by atoms with E-state index in [1.165, 1.54) is 12.8 Å². The molecule has 4 heteroatoms. The SMILES string of the molecule is CC(NCC(O)CN1CCCC1)c1ccc(C#N)cc1. The maximum absolute atomic E-state index is 10.0. The van der Waals surface area contributed by atoms with Crippen molar-refractivity contribution < 1.29 is 5.11 Å². The summed E-state index contributed by atoms with van der Waals surface area (Å²) in [6.45, 7) is 5.65. The number of benzene rings is 1. The van der Waals surface area contributed by atoms with E-state index in [0.717, 1.165) is 25.2 Å². The molecule has 20 heavy (non-hydrogen) atoms. The van der Waals surface area contributed by atoms with E-state index >= 15 is 0 Å². The molecular formula is C16H23N3O. The summed E-state index contributed by atoms with van der Waals surface area (Å²) in [6.07, 6.45) is 2.18. The molecule has 2 unspecified atom stereocenters.